The molecule has 0 amide bonds. The molecule has 0 saturated heterocycles. The van der Waals surface area contributed by atoms with Crippen LogP contribution in [0, 0.1) is 5.92 Å². The first-order valence-electron chi connectivity index (χ1n) is 4.93. The van der Waals surface area contributed by atoms with E-state index in [2.05, 4.69) is 20.4 Å². The first-order chi connectivity index (χ1) is 6.90. The molecule has 0 aromatic carbocycles. The van der Waals surface area contributed by atoms with E-state index < -0.39 is 11.9 Å². The number of hydrogen-bond acceptors (Lipinski definition) is 4. The van der Waals surface area contributed by atoms with E-state index in [9.17, 15) is 9.90 Å². The largest absolute Gasteiger partial charge is 2.00 e. The number of hydrogen-bond donors (Lipinski definition) is 0. The average molecular weight is 280 g/mol. The Balaban J connectivity index is -0.000000242. The summed E-state index contributed by atoms with van der Waals surface area (Å²) >= 11 is 0. The van der Waals surface area contributed by atoms with Gasteiger partial charge in [0.15, 0.2) is 0 Å². The number of carboxylic acids is 2. The Morgan fingerprint density at radius 2 is 1.69 bits per heavy atom. The average Bonchev–Trinajstić information content (AvgIpc) is 2.13. The van der Waals surface area contributed by atoms with E-state index in [1.807, 2.05) is 0 Å². The van der Waals surface area contributed by atoms with Crippen LogP contribution in [0.1, 0.15) is 39.5 Å². The monoisotopic (exact) mass is 278 g/mol. The Bertz CT molecular complexity index is 202. The van der Waals surface area contributed by atoms with Crippen LogP contribution in [0.2, 0.25) is 0 Å². The molecule has 0 aliphatic heterocycles. The molecule has 4 nitrogen and oxygen atoms in total. The number of carbonyl (C=O) groups is 2. The van der Waals surface area contributed by atoms with Gasteiger partial charge in [0.05, 0.1) is 5.97 Å². The van der Waals surface area contributed by atoms with Crippen molar-refractivity contribution >= 4 is 11.9 Å². The predicted molar refractivity (Wildman–Crippen MR) is 53.5 cm³/mol. The number of unbranched alkanes of at least 4 members (excludes halogenated alkanes) is 1. The molecule has 88 valence electrons. The second-order valence-electron chi connectivity index (χ2n) is 3.53. The zero-order valence-electron chi connectivity index (χ0n) is 10.0. The topological polar surface area (TPSA) is 80.3 Å². The molecule has 0 aromatic heterocycles. The van der Waals surface area contributed by atoms with Gasteiger partial charge in [0.2, 0.25) is 0 Å². The fraction of sp³-hybridized carbons (Fsp3) is 0.636. The third-order valence-corrected chi connectivity index (χ3v) is 1.58. The van der Waals surface area contributed by atoms with E-state index in [-0.39, 0.29) is 25.9 Å². The number of carboxylic acid groups (broad SMARTS) is 2. The fourth-order valence-electron chi connectivity index (χ4n) is 0.822. The first-order valence-corrected chi connectivity index (χ1v) is 4.93. The molecule has 16 heavy (non-hydrogen) atoms. The minimum absolute atomic E-state index is 0. The Kier molecular flexibility index (Phi) is 18.5. The SMILES string of the molecule is C=CC(=O)[O-].CC(C)CCCCC(=O)[O-].[Zn+2]. The third-order valence-electron chi connectivity index (χ3n) is 1.58. The summed E-state index contributed by atoms with van der Waals surface area (Å²) in [6.45, 7) is 7.17. The standard InChI is InChI=1S/C8H16O2.C3H4O2.Zn/c1-7(2)5-3-4-6-8(9)10;1-2-3(4)5;/h7H,3-6H2,1-2H3,(H,9,10);2H,1H2,(H,4,5);/q;;+2/p-2. The summed E-state index contributed by atoms with van der Waals surface area (Å²) < 4.78 is 0. The van der Waals surface area contributed by atoms with E-state index in [1.165, 1.54) is 0 Å². The smallest absolute Gasteiger partial charge is 0.550 e. The maximum Gasteiger partial charge on any atom is 2.00 e. The molecule has 0 aliphatic rings. The van der Waals surface area contributed by atoms with E-state index in [0.29, 0.717) is 5.92 Å². The van der Waals surface area contributed by atoms with E-state index in [1.54, 1.807) is 0 Å². The van der Waals surface area contributed by atoms with Crippen LogP contribution in [0.4, 0.5) is 0 Å². The molecule has 0 aliphatic carbocycles. The van der Waals surface area contributed by atoms with Gasteiger partial charge in [0.1, 0.15) is 0 Å². The van der Waals surface area contributed by atoms with Crippen LogP contribution in [0.5, 0.6) is 0 Å². The molecule has 0 radical (unpaired) electrons. The molecule has 0 fully saturated rings. The van der Waals surface area contributed by atoms with Crippen LogP contribution in [-0.2, 0) is 29.1 Å². The van der Waals surface area contributed by atoms with Crippen LogP contribution in [0.15, 0.2) is 12.7 Å². The second-order valence-corrected chi connectivity index (χ2v) is 3.53. The molecule has 0 heterocycles. The van der Waals surface area contributed by atoms with Crippen LogP contribution in [0.3, 0.4) is 0 Å². The molecule has 0 unspecified atom stereocenters. The summed E-state index contributed by atoms with van der Waals surface area (Å²) in [6, 6.07) is 0. The molecular weight excluding hydrogens is 262 g/mol. The number of rotatable bonds is 6. The van der Waals surface area contributed by atoms with Gasteiger partial charge < -0.3 is 19.8 Å². The molecule has 0 atom stereocenters. The number of aliphatic carboxylic acids is 2. The van der Waals surface area contributed by atoms with Crippen molar-refractivity contribution in [1.29, 1.82) is 0 Å². The normalized spacial score (nSPS) is 8.44. The van der Waals surface area contributed by atoms with Crippen molar-refractivity contribution in [3.8, 4) is 0 Å². The van der Waals surface area contributed by atoms with Gasteiger partial charge in [-0.1, -0.05) is 33.3 Å². The maximum atomic E-state index is 9.93. The zero-order valence-corrected chi connectivity index (χ0v) is 13.0. The van der Waals surface area contributed by atoms with Gasteiger partial charge in [-0.2, -0.15) is 0 Å². The van der Waals surface area contributed by atoms with Crippen molar-refractivity contribution < 1.29 is 39.3 Å². The van der Waals surface area contributed by atoms with Crippen molar-refractivity contribution in [3.63, 3.8) is 0 Å². The molecule has 0 saturated carbocycles. The molecular formula is C11H18O4Zn. The van der Waals surface area contributed by atoms with Gasteiger partial charge in [-0.15, -0.1) is 0 Å². The molecule has 0 rings (SSSR count). The molecule has 0 N–H and O–H groups in total. The van der Waals surface area contributed by atoms with Gasteiger partial charge in [-0.3, -0.25) is 0 Å². The van der Waals surface area contributed by atoms with E-state index >= 15 is 0 Å². The summed E-state index contributed by atoms with van der Waals surface area (Å²) in [6.07, 6.45) is 3.83. The summed E-state index contributed by atoms with van der Waals surface area (Å²) in [5, 5.41) is 19.1. The Morgan fingerprint density at radius 1 is 1.25 bits per heavy atom. The molecule has 5 heteroatoms. The van der Waals surface area contributed by atoms with Gasteiger partial charge >= 0.3 is 19.5 Å². The van der Waals surface area contributed by atoms with Gasteiger partial charge in [0, 0.05) is 5.97 Å². The Morgan fingerprint density at radius 3 is 1.94 bits per heavy atom. The van der Waals surface area contributed by atoms with Crippen molar-refractivity contribution in [2.45, 2.75) is 39.5 Å². The van der Waals surface area contributed by atoms with Gasteiger partial charge in [-0.05, 0) is 24.8 Å². The van der Waals surface area contributed by atoms with E-state index in [4.69, 9.17) is 9.90 Å². The molecule has 0 bridgehead atoms. The first kappa shape index (κ1) is 20.7. The maximum absolute atomic E-state index is 9.93. The Labute approximate surface area is 109 Å². The minimum Gasteiger partial charge on any atom is -0.550 e. The quantitative estimate of drug-likeness (QED) is 0.385. The van der Waals surface area contributed by atoms with Crippen molar-refractivity contribution in [2.24, 2.45) is 5.92 Å². The summed E-state index contributed by atoms with van der Waals surface area (Å²) in [5.74, 6) is -1.48. The van der Waals surface area contributed by atoms with Crippen LogP contribution in [-0.4, -0.2) is 11.9 Å². The van der Waals surface area contributed by atoms with E-state index in [0.717, 1.165) is 25.3 Å². The molecule has 0 aromatic rings. The summed E-state index contributed by atoms with van der Waals surface area (Å²) in [4.78, 5) is 19.1. The predicted octanol–water partition coefficient (Wildman–Crippen LogP) is -0.128. The van der Waals surface area contributed by atoms with Crippen LogP contribution in [0.25, 0.3) is 0 Å². The second kappa shape index (κ2) is 14.3. The summed E-state index contributed by atoms with van der Waals surface area (Å²) in [5.41, 5.74) is 0. The van der Waals surface area contributed by atoms with Gasteiger partial charge in [0.25, 0.3) is 0 Å². The van der Waals surface area contributed by atoms with Gasteiger partial charge in [-0.25, -0.2) is 0 Å². The van der Waals surface area contributed by atoms with Crippen LogP contribution < -0.4 is 10.2 Å². The minimum atomic E-state index is -1.23. The van der Waals surface area contributed by atoms with Crippen molar-refractivity contribution in [2.75, 3.05) is 0 Å². The number of carbonyl (C=O) groups excluding carboxylic acids is 2. The molecule has 0 spiro atoms. The zero-order chi connectivity index (χ0) is 12.3. The van der Waals surface area contributed by atoms with Crippen molar-refractivity contribution in [1.82, 2.24) is 0 Å². The fourth-order valence-corrected chi connectivity index (χ4v) is 0.822. The summed E-state index contributed by atoms with van der Waals surface area (Å²) in [7, 11) is 0. The van der Waals surface area contributed by atoms with Crippen LogP contribution >= 0.6 is 0 Å². The third kappa shape index (κ3) is 29.2. The Hall–Kier alpha value is -0.697. The van der Waals surface area contributed by atoms with Crippen molar-refractivity contribution in [3.05, 3.63) is 12.7 Å².